The molecule has 2 rings (SSSR count). The standard InChI is InChI=1S/C13H14BrNO3/c1-17-6-5-15-8-11(13(16)18-2)10-7-9(14)3-4-12(10)15/h3-4,7-8H,5-6H2,1-2H3. The molecule has 0 spiro atoms. The third kappa shape index (κ3) is 2.42. The van der Waals surface area contributed by atoms with E-state index in [1.807, 2.05) is 29.0 Å². The highest BCUT2D eigenvalue weighted by molar-refractivity contribution is 9.10. The predicted octanol–water partition coefficient (Wildman–Crippen LogP) is 2.84. The quantitative estimate of drug-likeness (QED) is 0.815. The topological polar surface area (TPSA) is 40.5 Å². The van der Waals surface area contributed by atoms with Crippen molar-refractivity contribution in [1.82, 2.24) is 4.57 Å². The number of nitrogens with zero attached hydrogens (tertiary/aromatic N) is 1. The fraction of sp³-hybridized carbons (Fsp3) is 0.308. The summed E-state index contributed by atoms with van der Waals surface area (Å²) in [5, 5.41) is 0.882. The van der Waals surface area contributed by atoms with E-state index in [2.05, 4.69) is 15.9 Å². The lowest BCUT2D eigenvalue weighted by atomic mass is 10.2. The van der Waals surface area contributed by atoms with Crippen LogP contribution in [-0.4, -0.2) is 31.4 Å². The first-order valence-electron chi connectivity index (χ1n) is 5.53. The van der Waals surface area contributed by atoms with Gasteiger partial charge in [-0.2, -0.15) is 0 Å². The van der Waals surface area contributed by atoms with Gasteiger partial charge in [0.25, 0.3) is 0 Å². The zero-order chi connectivity index (χ0) is 13.1. The maximum absolute atomic E-state index is 11.7. The summed E-state index contributed by atoms with van der Waals surface area (Å²) in [5.74, 6) is -0.325. The number of hydrogen-bond donors (Lipinski definition) is 0. The Morgan fingerprint density at radius 1 is 1.39 bits per heavy atom. The number of esters is 1. The van der Waals surface area contributed by atoms with Crippen LogP contribution in [0.5, 0.6) is 0 Å². The van der Waals surface area contributed by atoms with Crippen LogP contribution in [0.15, 0.2) is 28.9 Å². The second-order valence-electron chi connectivity index (χ2n) is 3.88. The molecule has 0 atom stereocenters. The SMILES string of the molecule is COCCn1cc(C(=O)OC)c2cc(Br)ccc21. The molecular formula is C13H14BrNO3. The summed E-state index contributed by atoms with van der Waals surface area (Å²) in [5.41, 5.74) is 1.57. The zero-order valence-electron chi connectivity index (χ0n) is 10.3. The van der Waals surface area contributed by atoms with Crippen LogP contribution in [0.3, 0.4) is 0 Å². The van der Waals surface area contributed by atoms with Gasteiger partial charge in [0.2, 0.25) is 0 Å². The zero-order valence-corrected chi connectivity index (χ0v) is 11.9. The minimum atomic E-state index is -0.325. The molecule has 0 fully saturated rings. The molecule has 0 N–H and O–H groups in total. The van der Waals surface area contributed by atoms with E-state index in [1.165, 1.54) is 7.11 Å². The highest BCUT2D eigenvalue weighted by atomic mass is 79.9. The predicted molar refractivity (Wildman–Crippen MR) is 72.9 cm³/mol. The number of hydrogen-bond acceptors (Lipinski definition) is 3. The minimum Gasteiger partial charge on any atom is -0.465 e. The van der Waals surface area contributed by atoms with Gasteiger partial charge in [-0.25, -0.2) is 4.79 Å². The van der Waals surface area contributed by atoms with Gasteiger partial charge in [-0.15, -0.1) is 0 Å². The van der Waals surface area contributed by atoms with Gasteiger partial charge in [0.15, 0.2) is 0 Å². The van der Waals surface area contributed by atoms with Crippen LogP contribution >= 0.6 is 15.9 Å². The molecule has 18 heavy (non-hydrogen) atoms. The van der Waals surface area contributed by atoms with Crippen molar-refractivity contribution >= 4 is 32.8 Å². The van der Waals surface area contributed by atoms with Gasteiger partial charge in [0, 0.05) is 35.2 Å². The number of fused-ring (bicyclic) bond motifs is 1. The van der Waals surface area contributed by atoms with Crippen molar-refractivity contribution in [2.75, 3.05) is 20.8 Å². The lowest BCUT2D eigenvalue weighted by Crippen LogP contribution is -2.03. The molecule has 0 radical (unpaired) electrons. The Morgan fingerprint density at radius 2 is 2.17 bits per heavy atom. The third-order valence-electron chi connectivity index (χ3n) is 2.78. The van der Waals surface area contributed by atoms with Crippen LogP contribution in [-0.2, 0) is 16.0 Å². The Hall–Kier alpha value is -1.33. The Labute approximate surface area is 114 Å². The molecule has 0 unspecified atom stereocenters. The van der Waals surface area contributed by atoms with Gasteiger partial charge in [0.1, 0.15) is 0 Å². The van der Waals surface area contributed by atoms with Gasteiger partial charge >= 0.3 is 5.97 Å². The minimum absolute atomic E-state index is 0.325. The third-order valence-corrected chi connectivity index (χ3v) is 3.28. The van der Waals surface area contributed by atoms with Crippen molar-refractivity contribution in [3.05, 3.63) is 34.4 Å². The monoisotopic (exact) mass is 311 g/mol. The van der Waals surface area contributed by atoms with Gasteiger partial charge in [0.05, 0.1) is 19.3 Å². The number of halogens is 1. The largest absolute Gasteiger partial charge is 0.465 e. The summed E-state index contributed by atoms with van der Waals surface area (Å²) in [4.78, 5) is 11.7. The van der Waals surface area contributed by atoms with E-state index in [-0.39, 0.29) is 5.97 Å². The number of benzene rings is 1. The van der Waals surface area contributed by atoms with Gasteiger partial charge in [-0.05, 0) is 18.2 Å². The Morgan fingerprint density at radius 3 is 2.83 bits per heavy atom. The van der Waals surface area contributed by atoms with Crippen molar-refractivity contribution in [3.63, 3.8) is 0 Å². The first-order chi connectivity index (χ1) is 8.67. The lowest BCUT2D eigenvalue weighted by Gasteiger charge is -2.03. The number of carbonyl (C=O) groups excluding carboxylic acids is 1. The molecule has 0 aliphatic carbocycles. The van der Waals surface area contributed by atoms with Crippen molar-refractivity contribution in [2.45, 2.75) is 6.54 Å². The molecule has 96 valence electrons. The molecule has 0 bridgehead atoms. The van der Waals surface area contributed by atoms with Crippen molar-refractivity contribution in [2.24, 2.45) is 0 Å². The Kier molecular flexibility index (Phi) is 4.04. The smallest absolute Gasteiger partial charge is 0.340 e. The average Bonchev–Trinajstić information content (AvgIpc) is 2.73. The van der Waals surface area contributed by atoms with Crippen molar-refractivity contribution < 1.29 is 14.3 Å². The van der Waals surface area contributed by atoms with E-state index in [9.17, 15) is 4.79 Å². The number of ether oxygens (including phenoxy) is 2. The molecule has 2 aromatic rings. The Bertz CT molecular complexity index is 577. The van der Waals surface area contributed by atoms with Crippen molar-refractivity contribution in [1.29, 1.82) is 0 Å². The summed E-state index contributed by atoms with van der Waals surface area (Å²) in [6.45, 7) is 1.30. The van der Waals surface area contributed by atoms with Crippen LogP contribution in [0, 0.1) is 0 Å². The molecular weight excluding hydrogens is 298 g/mol. The molecule has 0 saturated carbocycles. The summed E-state index contributed by atoms with van der Waals surface area (Å²) in [6.07, 6.45) is 1.81. The fourth-order valence-electron chi connectivity index (χ4n) is 1.92. The Balaban J connectivity index is 2.56. The second kappa shape index (κ2) is 5.54. The first-order valence-corrected chi connectivity index (χ1v) is 6.32. The average molecular weight is 312 g/mol. The lowest BCUT2D eigenvalue weighted by molar-refractivity contribution is 0.0602. The number of methoxy groups -OCH3 is 2. The van der Waals surface area contributed by atoms with E-state index in [4.69, 9.17) is 9.47 Å². The van der Waals surface area contributed by atoms with Gasteiger partial charge in [-0.3, -0.25) is 0 Å². The van der Waals surface area contributed by atoms with Gasteiger partial charge in [-0.1, -0.05) is 15.9 Å². The highest BCUT2D eigenvalue weighted by Gasteiger charge is 2.15. The van der Waals surface area contributed by atoms with Crippen LogP contribution in [0.2, 0.25) is 0 Å². The highest BCUT2D eigenvalue weighted by Crippen LogP contribution is 2.25. The van der Waals surface area contributed by atoms with Crippen LogP contribution < -0.4 is 0 Å². The van der Waals surface area contributed by atoms with Gasteiger partial charge < -0.3 is 14.0 Å². The van der Waals surface area contributed by atoms with Crippen LogP contribution in [0.1, 0.15) is 10.4 Å². The summed E-state index contributed by atoms with van der Waals surface area (Å²) in [7, 11) is 3.04. The molecule has 0 aliphatic rings. The van der Waals surface area contributed by atoms with E-state index >= 15 is 0 Å². The molecule has 0 amide bonds. The molecule has 0 aliphatic heterocycles. The summed E-state index contributed by atoms with van der Waals surface area (Å²) >= 11 is 3.41. The molecule has 0 saturated heterocycles. The van der Waals surface area contributed by atoms with E-state index in [0.29, 0.717) is 18.7 Å². The van der Waals surface area contributed by atoms with Crippen LogP contribution in [0.25, 0.3) is 10.9 Å². The maximum Gasteiger partial charge on any atom is 0.340 e. The molecule has 1 aromatic heterocycles. The van der Waals surface area contributed by atoms with E-state index in [0.717, 1.165) is 15.4 Å². The normalized spacial score (nSPS) is 10.8. The van der Waals surface area contributed by atoms with E-state index < -0.39 is 0 Å². The number of aromatic nitrogens is 1. The first kappa shape index (κ1) is 13.1. The number of carbonyl (C=O) groups is 1. The number of rotatable bonds is 4. The summed E-state index contributed by atoms with van der Waals surface area (Å²) in [6, 6.07) is 5.85. The van der Waals surface area contributed by atoms with E-state index in [1.54, 1.807) is 7.11 Å². The summed E-state index contributed by atoms with van der Waals surface area (Å²) < 4.78 is 12.8. The molecule has 1 aromatic carbocycles. The molecule has 1 heterocycles. The maximum atomic E-state index is 11.7. The molecule has 4 nitrogen and oxygen atoms in total. The second-order valence-corrected chi connectivity index (χ2v) is 4.80. The van der Waals surface area contributed by atoms with Crippen molar-refractivity contribution in [3.8, 4) is 0 Å². The molecule has 5 heteroatoms. The van der Waals surface area contributed by atoms with Crippen LogP contribution in [0.4, 0.5) is 0 Å². The fourth-order valence-corrected chi connectivity index (χ4v) is 2.28.